The molecule has 0 amide bonds. The van der Waals surface area contributed by atoms with Gasteiger partial charge < -0.3 is 9.40 Å². The van der Waals surface area contributed by atoms with Crippen LogP contribution in [0.1, 0.15) is 12.6 Å². The Labute approximate surface area is 122 Å². The molecule has 1 N–H and O–H groups in total. The largest absolute Gasteiger partial charge is 0.445 e. The molecule has 0 saturated heterocycles. The van der Waals surface area contributed by atoms with Crippen molar-refractivity contribution >= 4 is 47.8 Å². The maximum atomic E-state index is 11.7. The third kappa shape index (κ3) is 2.56. The summed E-state index contributed by atoms with van der Waals surface area (Å²) in [6.07, 6.45) is 0.667. The van der Waals surface area contributed by atoms with Crippen LogP contribution in [-0.4, -0.2) is 9.97 Å². The van der Waals surface area contributed by atoms with Crippen molar-refractivity contribution in [1.29, 1.82) is 0 Å². The zero-order chi connectivity index (χ0) is 12.6. The number of hydrogen-bond acceptors (Lipinski definition) is 3. The number of hydrogen-bond donors (Lipinski definition) is 1. The highest BCUT2D eigenvalue weighted by Gasteiger charge is 2.13. The van der Waals surface area contributed by atoms with Gasteiger partial charge in [0.2, 0.25) is 0 Å². The Hall–Kier alpha value is -0.400. The van der Waals surface area contributed by atoms with Gasteiger partial charge in [0.25, 0.3) is 5.56 Å². The van der Waals surface area contributed by atoms with Gasteiger partial charge in [0.05, 0.1) is 10.2 Å². The first-order chi connectivity index (χ1) is 8.02. The second-order valence-electron chi connectivity index (χ2n) is 3.26. The van der Waals surface area contributed by atoms with Crippen LogP contribution in [0, 0.1) is 0 Å². The van der Waals surface area contributed by atoms with Crippen molar-refractivity contribution in [3.63, 3.8) is 0 Å². The molecule has 0 aliphatic carbocycles. The fraction of sp³-hybridized carbons (Fsp3) is 0.200. The van der Waals surface area contributed by atoms with Gasteiger partial charge in [0, 0.05) is 6.07 Å². The summed E-state index contributed by atoms with van der Waals surface area (Å²) in [6.45, 7) is 1.93. The van der Waals surface area contributed by atoms with E-state index in [9.17, 15) is 4.79 Å². The number of nitrogens with zero attached hydrogens (tertiary/aromatic N) is 1. The van der Waals surface area contributed by atoms with Crippen molar-refractivity contribution < 1.29 is 4.42 Å². The number of aromatic amines is 1. The second-order valence-corrected chi connectivity index (χ2v) is 5.63. The Kier molecular flexibility index (Phi) is 3.89. The van der Waals surface area contributed by atoms with Crippen LogP contribution >= 0.6 is 47.8 Å². The second kappa shape index (κ2) is 5.07. The minimum absolute atomic E-state index is 0.213. The first-order valence-electron chi connectivity index (χ1n) is 4.76. The monoisotopic (exact) mass is 424 g/mol. The van der Waals surface area contributed by atoms with Crippen LogP contribution in [-0.2, 0) is 6.42 Å². The quantitative estimate of drug-likeness (QED) is 0.792. The molecule has 0 aliphatic heterocycles. The molecule has 2 aromatic rings. The molecular formula is C10H7Br3N2O2. The van der Waals surface area contributed by atoms with E-state index in [-0.39, 0.29) is 5.56 Å². The van der Waals surface area contributed by atoms with E-state index in [0.29, 0.717) is 32.8 Å². The lowest BCUT2D eigenvalue weighted by Gasteiger charge is -2.02. The molecule has 0 aliphatic rings. The number of halogens is 3. The van der Waals surface area contributed by atoms with Crippen molar-refractivity contribution in [1.82, 2.24) is 9.97 Å². The van der Waals surface area contributed by atoms with Crippen molar-refractivity contribution in [2.24, 2.45) is 0 Å². The molecule has 4 nitrogen and oxygen atoms in total. The summed E-state index contributed by atoms with van der Waals surface area (Å²) in [7, 11) is 0. The van der Waals surface area contributed by atoms with Crippen LogP contribution in [0.25, 0.3) is 11.6 Å². The number of nitrogens with one attached hydrogen (secondary N) is 1. The Bertz CT molecular complexity index is 599. The normalized spacial score (nSPS) is 10.8. The molecule has 0 spiro atoms. The van der Waals surface area contributed by atoms with Gasteiger partial charge in [0.15, 0.2) is 16.3 Å². The van der Waals surface area contributed by atoms with E-state index >= 15 is 0 Å². The summed E-state index contributed by atoms with van der Waals surface area (Å²) in [5, 5.41) is 0. The zero-order valence-corrected chi connectivity index (χ0v) is 13.4. The molecule has 17 heavy (non-hydrogen) atoms. The minimum atomic E-state index is -0.213. The van der Waals surface area contributed by atoms with Gasteiger partial charge in [-0.25, -0.2) is 4.98 Å². The van der Waals surface area contributed by atoms with Crippen LogP contribution in [0.4, 0.5) is 0 Å². The molecule has 0 bridgehead atoms. The smallest absolute Gasteiger partial charge is 0.265 e. The van der Waals surface area contributed by atoms with Crippen LogP contribution in [0.15, 0.2) is 28.9 Å². The summed E-state index contributed by atoms with van der Waals surface area (Å²) in [4.78, 5) is 18.7. The van der Waals surface area contributed by atoms with E-state index in [1.54, 1.807) is 6.07 Å². The molecule has 90 valence electrons. The highest BCUT2D eigenvalue weighted by Crippen LogP contribution is 2.31. The third-order valence-electron chi connectivity index (χ3n) is 2.14. The average Bonchev–Trinajstić information content (AvgIpc) is 2.63. The third-order valence-corrected chi connectivity index (χ3v) is 4.67. The minimum Gasteiger partial charge on any atom is -0.445 e. The molecule has 0 unspecified atom stereocenters. The van der Waals surface area contributed by atoms with Gasteiger partial charge in [-0.05, 0) is 54.2 Å². The van der Waals surface area contributed by atoms with Crippen molar-refractivity contribution in [2.45, 2.75) is 13.3 Å². The van der Waals surface area contributed by atoms with E-state index in [1.165, 1.54) is 0 Å². The van der Waals surface area contributed by atoms with Gasteiger partial charge in [0.1, 0.15) is 4.47 Å². The average molecular weight is 427 g/mol. The summed E-state index contributed by atoms with van der Waals surface area (Å²) in [5.41, 5.74) is 0.489. The van der Waals surface area contributed by atoms with Crippen LogP contribution in [0.5, 0.6) is 0 Å². The number of rotatable bonds is 2. The van der Waals surface area contributed by atoms with E-state index in [1.807, 2.05) is 6.92 Å². The van der Waals surface area contributed by atoms with Gasteiger partial charge in [-0.15, -0.1) is 0 Å². The van der Waals surface area contributed by atoms with E-state index in [2.05, 4.69) is 57.8 Å². The lowest BCUT2D eigenvalue weighted by molar-refractivity contribution is 0.548. The van der Waals surface area contributed by atoms with Crippen LogP contribution in [0.2, 0.25) is 0 Å². The van der Waals surface area contributed by atoms with Gasteiger partial charge in [-0.3, -0.25) is 4.79 Å². The molecule has 0 fully saturated rings. The highest BCUT2D eigenvalue weighted by atomic mass is 79.9. The van der Waals surface area contributed by atoms with Gasteiger partial charge >= 0.3 is 0 Å². The van der Waals surface area contributed by atoms with E-state index in [0.717, 1.165) is 4.47 Å². The number of H-pyrrole nitrogens is 1. The Morgan fingerprint density at radius 1 is 1.41 bits per heavy atom. The van der Waals surface area contributed by atoms with Crippen LogP contribution in [0.3, 0.4) is 0 Å². The number of aryl methyl sites for hydroxylation is 1. The number of aromatic nitrogens is 2. The molecule has 2 rings (SSSR count). The van der Waals surface area contributed by atoms with Gasteiger partial charge in [-0.1, -0.05) is 6.92 Å². The SMILES string of the molecule is CCc1nc(-c2cc(Br)c(Br)o2)[nH]c(=O)c1Br. The fourth-order valence-corrected chi connectivity index (χ4v) is 2.37. The van der Waals surface area contributed by atoms with Crippen molar-refractivity contribution in [3.05, 3.63) is 35.7 Å². The summed E-state index contributed by atoms with van der Waals surface area (Å²) >= 11 is 9.76. The molecular weight excluding hydrogens is 420 g/mol. The van der Waals surface area contributed by atoms with Gasteiger partial charge in [-0.2, -0.15) is 0 Å². The predicted molar refractivity (Wildman–Crippen MR) is 75.0 cm³/mol. The topological polar surface area (TPSA) is 58.9 Å². The van der Waals surface area contributed by atoms with E-state index < -0.39 is 0 Å². The van der Waals surface area contributed by atoms with Crippen molar-refractivity contribution in [3.8, 4) is 11.6 Å². The number of furan rings is 1. The first-order valence-corrected chi connectivity index (χ1v) is 7.14. The molecule has 0 radical (unpaired) electrons. The molecule has 7 heteroatoms. The van der Waals surface area contributed by atoms with E-state index in [4.69, 9.17) is 4.42 Å². The standard InChI is InChI=1S/C10H7Br3N2O2/c1-2-5-7(12)10(16)15-9(14-5)6-3-4(11)8(13)17-6/h3H,2H2,1H3,(H,14,15,16). The molecule has 0 atom stereocenters. The molecule has 2 heterocycles. The predicted octanol–water partition coefficient (Wildman–Crippen LogP) is 3.88. The Balaban J connectivity index is 2.60. The first kappa shape index (κ1) is 13.0. The summed E-state index contributed by atoms with van der Waals surface area (Å²) in [5.74, 6) is 0.921. The zero-order valence-electron chi connectivity index (χ0n) is 8.68. The lowest BCUT2D eigenvalue weighted by Crippen LogP contribution is -2.13. The maximum Gasteiger partial charge on any atom is 0.265 e. The Morgan fingerprint density at radius 3 is 2.65 bits per heavy atom. The highest BCUT2D eigenvalue weighted by molar-refractivity contribution is 9.13. The molecule has 0 saturated carbocycles. The maximum absolute atomic E-state index is 11.7. The van der Waals surface area contributed by atoms with Crippen molar-refractivity contribution in [2.75, 3.05) is 0 Å². The fourth-order valence-electron chi connectivity index (χ4n) is 1.32. The lowest BCUT2D eigenvalue weighted by atomic mass is 10.3. The molecule has 2 aromatic heterocycles. The van der Waals surface area contributed by atoms with Crippen LogP contribution < -0.4 is 5.56 Å². The Morgan fingerprint density at radius 2 is 2.12 bits per heavy atom. The molecule has 0 aromatic carbocycles. The summed E-state index contributed by atoms with van der Waals surface area (Å²) in [6, 6.07) is 1.75. The summed E-state index contributed by atoms with van der Waals surface area (Å²) < 4.78 is 7.22.